The first kappa shape index (κ1) is 20.8. The van der Waals surface area contributed by atoms with Crippen LogP contribution in [0.25, 0.3) is 5.70 Å². The van der Waals surface area contributed by atoms with Gasteiger partial charge in [-0.15, -0.1) is 0 Å². The zero-order valence-electron chi connectivity index (χ0n) is 16.2. The van der Waals surface area contributed by atoms with Crippen LogP contribution in [-0.2, 0) is 14.3 Å². The van der Waals surface area contributed by atoms with Gasteiger partial charge in [-0.2, -0.15) is 0 Å². The van der Waals surface area contributed by atoms with Gasteiger partial charge in [0.15, 0.2) is 0 Å². The molecule has 0 unspecified atom stereocenters. The van der Waals surface area contributed by atoms with Gasteiger partial charge in [-0.05, 0) is 13.1 Å². The van der Waals surface area contributed by atoms with E-state index in [1.165, 1.54) is 11.9 Å². The van der Waals surface area contributed by atoms with Crippen molar-refractivity contribution in [1.82, 2.24) is 14.7 Å². The number of hydrogen-bond donors (Lipinski definition) is 0. The fraction of sp³-hybridized carbons (Fsp3) is 0.450. The molecule has 146 valence electrons. The van der Waals surface area contributed by atoms with E-state index in [0.29, 0.717) is 12.8 Å². The van der Waals surface area contributed by atoms with E-state index in [-0.39, 0.29) is 17.7 Å². The molecule has 0 aromatic heterocycles. The third-order valence-corrected chi connectivity index (χ3v) is 4.71. The maximum atomic E-state index is 11.5. The number of amides is 3. The molecular formula is C20H27N3O4. The quantitative estimate of drug-likeness (QED) is 0.644. The van der Waals surface area contributed by atoms with Crippen molar-refractivity contribution in [2.24, 2.45) is 0 Å². The number of likely N-dealkylation sites (N-methyl/N-ethyl adjacent to an activating group) is 1. The molecule has 3 heterocycles. The minimum atomic E-state index is -0.0602. The van der Waals surface area contributed by atoms with Crippen LogP contribution in [-0.4, -0.2) is 79.9 Å². The van der Waals surface area contributed by atoms with E-state index in [1.54, 1.807) is 11.9 Å². The molecule has 0 aliphatic carbocycles. The lowest BCUT2D eigenvalue weighted by molar-refractivity contribution is -0.136. The normalized spacial score (nSPS) is 19.4. The van der Waals surface area contributed by atoms with Crippen molar-refractivity contribution in [2.45, 2.75) is 12.8 Å². The molecule has 0 spiro atoms. The van der Waals surface area contributed by atoms with Crippen molar-refractivity contribution < 1.29 is 19.1 Å². The van der Waals surface area contributed by atoms with Crippen LogP contribution in [0.3, 0.4) is 0 Å². The van der Waals surface area contributed by atoms with Crippen LogP contribution < -0.4 is 0 Å². The number of nitrogens with zero attached hydrogens (tertiary/aromatic N) is 3. The van der Waals surface area contributed by atoms with Crippen molar-refractivity contribution >= 4 is 23.4 Å². The maximum absolute atomic E-state index is 11.5. The van der Waals surface area contributed by atoms with Gasteiger partial charge in [0.05, 0.1) is 13.2 Å². The molecule has 0 bridgehead atoms. The van der Waals surface area contributed by atoms with E-state index in [4.69, 9.17) is 4.74 Å². The molecule has 0 saturated carbocycles. The fourth-order valence-corrected chi connectivity index (χ4v) is 2.75. The van der Waals surface area contributed by atoms with E-state index in [9.17, 15) is 14.4 Å². The Balaban J connectivity index is 0.000000153. The van der Waals surface area contributed by atoms with Crippen molar-refractivity contribution in [3.05, 3.63) is 42.0 Å². The Morgan fingerprint density at radius 3 is 1.74 bits per heavy atom. The summed E-state index contributed by atoms with van der Waals surface area (Å²) in [5.74, 6) is -0.0828. The number of likely N-dealkylation sites (tertiary alicyclic amines) is 1. The van der Waals surface area contributed by atoms with Crippen LogP contribution in [0, 0.1) is 0 Å². The van der Waals surface area contributed by atoms with Crippen LogP contribution in [0.15, 0.2) is 30.8 Å². The Morgan fingerprint density at radius 2 is 1.37 bits per heavy atom. The number of hydrogen-bond acceptors (Lipinski definition) is 5. The largest absolute Gasteiger partial charge is 0.379 e. The lowest BCUT2D eigenvalue weighted by atomic mass is 10.1. The minimum Gasteiger partial charge on any atom is -0.379 e. The molecule has 0 atom stereocenters. The highest BCUT2D eigenvalue weighted by atomic mass is 16.5. The Hall–Kier alpha value is -2.51. The number of carbonyl (C=O) groups is 3. The summed E-state index contributed by atoms with van der Waals surface area (Å²) >= 11 is 0. The summed E-state index contributed by atoms with van der Waals surface area (Å²) < 4.78 is 5.10. The van der Waals surface area contributed by atoms with Gasteiger partial charge in [-0.3, -0.25) is 19.3 Å². The predicted octanol–water partition coefficient (Wildman–Crippen LogP) is 1.46. The van der Waals surface area contributed by atoms with Crippen molar-refractivity contribution in [2.75, 3.05) is 47.4 Å². The zero-order chi connectivity index (χ0) is 20.0. The number of rotatable bonds is 0. The molecule has 2 fully saturated rings. The first-order valence-corrected chi connectivity index (χ1v) is 8.95. The maximum Gasteiger partial charge on any atom is 0.258 e. The van der Waals surface area contributed by atoms with E-state index in [0.717, 1.165) is 43.1 Å². The zero-order valence-corrected chi connectivity index (χ0v) is 16.2. The molecule has 2 saturated heterocycles. The van der Waals surface area contributed by atoms with E-state index >= 15 is 0 Å². The van der Waals surface area contributed by atoms with E-state index < -0.39 is 0 Å². The van der Waals surface area contributed by atoms with Crippen molar-refractivity contribution in [3.63, 3.8) is 0 Å². The van der Waals surface area contributed by atoms with E-state index in [1.807, 2.05) is 24.3 Å². The van der Waals surface area contributed by atoms with Gasteiger partial charge < -0.3 is 14.5 Å². The summed E-state index contributed by atoms with van der Waals surface area (Å²) in [7, 11) is 5.37. The molecule has 3 amide bonds. The molecule has 0 N–H and O–H groups in total. The highest BCUT2D eigenvalue weighted by molar-refractivity contribution is 6.08. The topological polar surface area (TPSA) is 70.2 Å². The van der Waals surface area contributed by atoms with Crippen LogP contribution in [0.5, 0.6) is 0 Å². The third-order valence-electron chi connectivity index (χ3n) is 4.71. The molecule has 3 aliphatic heterocycles. The second-order valence-electron chi connectivity index (χ2n) is 6.62. The average Bonchev–Trinajstić information content (AvgIpc) is 3.09. The number of ether oxygens (including phenoxy) is 1. The summed E-state index contributed by atoms with van der Waals surface area (Å²) in [5.41, 5.74) is 2.49. The molecule has 1 aromatic carbocycles. The Kier molecular flexibility index (Phi) is 7.27. The number of morpholine rings is 1. The summed E-state index contributed by atoms with van der Waals surface area (Å²) in [4.78, 5) is 37.5. The highest BCUT2D eigenvalue weighted by Crippen LogP contribution is 2.29. The molecule has 0 radical (unpaired) electrons. The lowest BCUT2D eigenvalue weighted by Crippen LogP contribution is -2.32. The second kappa shape index (κ2) is 9.43. The predicted molar refractivity (Wildman–Crippen MR) is 103 cm³/mol. The first-order valence-electron chi connectivity index (χ1n) is 8.95. The first-order chi connectivity index (χ1) is 12.8. The Morgan fingerprint density at radius 1 is 0.852 bits per heavy atom. The molecule has 27 heavy (non-hydrogen) atoms. The molecule has 4 rings (SSSR count). The summed E-state index contributed by atoms with van der Waals surface area (Å²) in [6.45, 7) is 7.85. The second-order valence-corrected chi connectivity index (χ2v) is 6.62. The summed E-state index contributed by atoms with van der Waals surface area (Å²) in [6, 6.07) is 7.52. The van der Waals surface area contributed by atoms with Gasteiger partial charge in [0.2, 0.25) is 11.8 Å². The summed E-state index contributed by atoms with van der Waals surface area (Å²) in [5, 5.41) is 0. The van der Waals surface area contributed by atoms with Crippen LogP contribution in [0.1, 0.15) is 28.8 Å². The fourth-order valence-electron chi connectivity index (χ4n) is 2.75. The lowest BCUT2D eigenvalue weighted by Gasteiger charge is -2.21. The van der Waals surface area contributed by atoms with Gasteiger partial charge in [0.1, 0.15) is 0 Å². The average molecular weight is 373 g/mol. The Bertz CT molecular complexity index is 675. The van der Waals surface area contributed by atoms with Gasteiger partial charge in [0.25, 0.3) is 5.91 Å². The van der Waals surface area contributed by atoms with Crippen molar-refractivity contribution in [1.29, 1.82) is 0 Å². The number of benzene rings is 1. The SMILES string of the molecule is C=C1c2ccccc2C(=O)N1C.CN1C(=O)CCC1=O.CN1CCOCC1. The number of imide groups is 1. The highest BCUT2D eigenvalue weighted by Gasteiger charge is 2.27. The summed E-state index contributed by atoms with van der Waals surface area (Å²) in [6.07, 6.45) is 0.796. The van der Waals surface area contributed by atoms with Gasteiger partial charge in [-0.25, -0.2) is 0 Å². The molecule has 7 heteroatoms. The molecular weight excluding hydrogens is 346 g/mol. The molecule has 3 aliphatic rings. The smallest absolute Gasteiger partial charge is 0.258 e. The van der Waals surface area contributed by atoms with Crippen LogP contribution in [0.4, 0.5) is 0 Å². The minimum absolute atomic E-state index is 0.0376. The standard InChI is InChI=1S/C10H9NO.C5H7NO2.C5H11NO/c1-7-8-5-3-4-6-9(8)10(12)11(7)2;1-6-4(7)2-3-5(6)8;1-6-2-4-7-5-3-6/h3-6H,1H2,2H3;2-3H2,1H3;2-5H2,1H3. The number of carbonyl (C=O) groups excluding carboxylic acids is 3. The van der Waals surface area contributed by atoms with Crippen LogP contribution >= 0.6 is 0 Å². The van der Waals surface area contributed by atoms with Gasteiger partial charge >= 0.3 is 0 Å². The molecule has 7 nitrogen and oxygen atoms in total. The molecule has 1 aromatic rings. The van der Waals surface area contributed by atoms with Gasteiger partial charge in [-0.1, -0.05) is 24.8 Å². The third kappa shape index (κ3) is 5.24. The van der Waals surface area contributed by atoms with E-state index in [2.05, 4.69) is 18.5 Å². The Labute approximate surface area is 160 Å². The van der Waals surface area contributed by atoms with Gasteiger partial charge in [0, 0.05) is 56.9 Å². The monoisotopic (exact) mass is 373 g/mol. The van der Waals surface area contributed by atoms with Crippen molar-refractivity contribution in [3.8, 4) is 0 Å². The number of fused-ring (bicyclic) bond motifs is 1. The van der Waals surface area contributed by atoms with Crippen LogP contribution in [0.2, 0.25) is 0 Å².